The van der Waals surface area contributed by atoms with Crippen LogP contribution in [0.4, 0.5) is 0 Å². The third kappa shape index (κ3) is 1.84. The first-order valence-corrected chi connectivity index (χ1v) is 4.20. The molecule has 0 bridgehead atoms. The first-order valence-electron chi connectivity index (χ1n) is 2.94. The Morgan fingerprint density at radius 1 is 1.70 bits per heavy atom. The van der Waals surface area contributed by atoms with Crippen molar-refractivity contribution >= 4 is 29.0 Å². The van der Waals surface area contributed by atoms with E-state index in [-0.39, 0.29) is 0 Å². The Hall–Kier alpha value is -0.310. The molecule has 0 amide bonds. The summed E-state index contributed by atoms with van der Waals surface area (Å²) in [5, 5.41) is 2.76. The second kappa shape index (κ2) is 3.76. The Morgan fingerprint density at radius 3 is 3.00 bits per heavy atom. The number of thiophene rings is 1. The molecule has 3 heteroatoms. The van der Waals surface area contributed by atoms with Crippen molar-refractivity contribution in [3.8, 4) is 0 Å². The van der Waals surface area contributed by atoms with Crippen LogP contribution in [0.15, 0.2) is 17.5 Å². The fourth-order valence-corrected chi connectivity index (χ4v) is 1.64. The summed E-state index contributed by atoms with van der Waals surface area (Å²) in [6, 6.07) is 1.88. The summed E-state index contributed by atoms with van der Waals surface area (Å²) < 4.78 is 0. The fraction of sp³-hybridized carbons (Fsp3) is 0.143. The van der Waals surface area contributed by atoms with Crippen molar-refractivity contribution in [2.24, 2.45) is 5.73 Å². The topological polar surface area (TPSA) is 26.0 Å². The lowest BCUT2D eigenvalue weighted by atomic mass is 10.4. The van der Waals surface area contributed by atoms with Crippen LogP contribution in [0.1, 0.15) is 4.88 Å². The monoisotopic (exact) mass is 173 g/mol. The highest BCUT2D eigenvalue weighted by atomic mass is 35.5. The summed E-state index contributed by atoms with van der Waals surface area (Å²) in [6.45, 7) is 0.564. The number of hydrogen-bond acceptors (Lipinski definition) is 2. The van der Waals surface area contributed by atoms with Gasteiger partial charge in [-0.3, -0.25) is 0 Å². The molecule has 54 valence electrons. The molecule has 0 spiro atoms. The molecule has 0 atom stereocenters. The molecule has 0 fully saturated rings. The molecule has 0 aromatic carbocycles. The third-order valence-electron chi connectivity index (χ3n) is 1.05. The SMILES string of the molecule is NCC=Cc1sccc1Cl. The van der Waals surface area contributed by atoms with Crippen LogP contribution in [0, 0.1) is 0 Å². The summed E-state index contributed by atoms with van der Waals surface area (Å²) in [6.07, 6.45) is 3.82. The molecule has 1 aromatic rings. The van der Waals surface area contributed by atoms with Crippen LogP contribution < -0.4 is 5.73 Å². The maximum Gasteiger partial charge on any atom is 0.0586 e. The second-order valence-electron chi connectivity index (χ2n) is 1.77. The van der Waals surface area contributed by atoms with E-state index in [4.69, 9.17) is 17.3 Å². The van der Waals surface area contributed by atoms with Gasteiger partial charge in [-0.2, -0.15) is 0 Å². The van der Waals surface area contributed by atoms with Gasteiger partial charge in [-0.15, -0.1) is 11.3 Å². The average Bonchev–Trinajstić information content (AvgIpc) is 2.31. The number of rotatable bonds is 2. The van der Waals surface area contributed by atoms with Gasteiger partial charge in [0, 0.05) is 11.4 Å². The zero-order chi connectivity index (χ0) is 7.40. The normalized spacial score (nSPS) is 11.0. The van der Waals surface area contributed by atoms with Crippen molar-refractivity contribution in [1.82, 2.24) is 0 Å². The first-order chi connectivity index (χ1) is 4.84. The zero-order valence-corrected chi connectivity index (χ0v) is 6.95. The molecule has 0 saturated carbocycles. The van der Waals surface area contributed by atoms with Crippen LogP contribution in [-0.2, 0) is 0 Å². The minimum Gasteiger partial charge on any atom is -0.327 e. The Kier molecular flexibility index (Phi) is 2.93. The molecule has 0 radical (unpaired) electrons. The van der Waals surface area contributed by atoms with Gasteiger partial charge in [0.1, 0.15) is 0 Å². The molecule has 1 heterocycles. The van der Waals surface area contributed by atoms with Crippen LogP contribution in [-0.4, -0.2) is 6.54 Å². The molecule has 0 aliphatic heterocycles. The molecular formula is C7H8ClNS. The molecule has 1 aromatic heterocycles. The molecule has 0 aliphatic carbocycles. The van der Waals surface area contributed by atoms with E-state index in [0.717, 1.165) is 9.90 Å². The van der Waals surface area contributed by atoms with Crippen LogP contribution in [0.25, 0.3) is 6.08 Å². The van der Waals surface area contributed by atoms with Crippen molar-refractivity contribution in [3.05, 3.63) is 27.4 Å². The second-order valence-corrected chi connectivity index (χ2v) is 3.13. The zero-order valence-electron chi connectivity index (χ0n) is 5.38. The van der Waals surface area contributed by atoms with E-state index in [1.54, 1.807) is 11.3 Å². The van der Waals surface area contributed by atoms with E-state index in [1.165, 1.54) is 0 Å². The summed E-state index contributed by atoms with van der Waals surface area (Å²) in [5.74, 6) is 0. The molecule has 2 N–H and O–H groups in total. The standard InChI is InChI=1S/C7H8ClNS/c8-6-3-5-10-7(6)2-1-4-9/h1-3,5H,4,9H2. The largest absolute Gasteiger partial charge is 0.327 e. The quantitative estimate of drug-likeness (QED) is 0.730. The van der Waals surface area contributed by atoms with Gasteiger partial charge in [-0.25, -0.2) is 0 Å². The van der Waals surface area contributed by atoms with Gasteiger partial charge in [0.25, 0.3) is 0 Å². The maximum atomic E-state index is 5.79. The minimum absolute atomic E-state index is 0.564. The minimum atomic E-state index is 0.564. The number of hydrogen-bond donors (Lipinski definition) is 1. The van der Waals surface area contributed by atoms with E-state index >= 15 is 0 Å². The summed E-state index contributed by atoms with van der Waals surface area (Å²) in [5.41, 5.74) is 5.27. The fourth-order valence-electron chi connectivity index (χ4n) is 0.599. The van der Waals surface area contributed by atoms with Gasteiger partial charge in [-0.1, -0.05) is 17.7 Å². The van der Waals surface area contributed by atoms with Gasteiger partial charge < -0.3 is 5.73 Å². The maximum absolute atomic E-state index is 5.79. The van der Waals surface area contributed by atoms with Crippen LogP contribution in [0.2, 0.25) is 5.02 Å². The Bertz CT molecular complexity index is 229. The predicted octanol–water partition coefficient (Wildman–Crippen LogP) is 2.37. The molecule has 10 heavy (non-hydrogen) atoms. The summed E-state index contributed by atoms with van der Waals surface area (Å²) >= 11 is 7.41. The molecule has 0 aliphatic rings. The highest BCUT2D eigenvalue weighted by Crippen LogP contribution is 2.22. The Labute approximate surface area is 69.1 Å². The first kappa shape index (κ1) is 7.79. The van der Waals surface area contributed by atoms with E-state index in [9.17, 15) is 0 Å². The van der Waals surface area contributed by atoms with E-state index in [0.29, 0.717) is 6.54 Å². The Balaban J connectivity index is 2.74. The van der Waals surface area contributed by atoms with Crippen molar-refractivity contribution in [3.63, 3.8) is 0 Å². The molecular weight excluding hydrogens is 166 g/mol. The lowest BCUT2D eigenvalue weighted by molar-refractivity contribution is 1.26. The van der Waals surface area contributed by atoms with Crippen LogP contribution in [0.3, 0.4) is 0 Å². The highest BCUT2D eigenvalue weighted by molar-refractivity contribution is 7.11. The van der Waals surface area contributed by atoms with E-state index in [2.05, 4.69) is 0 Å². The smallest absolute Gasteiger partial charge is 0.0586 e. The highest BCUT2D eigenvalue weighted by Gasteiger charge is 1.94. The van der Waals surface area contributed by atoms with E-state index in [1.807, 2.05) is 23.6 Å². The van der Waals surface area contributed by atoms with Crippen molar-refractivity contribution in [1.29, 1.82) is 0 Å². The van der Waals surface area contributed by atoms with Gasteiger partial charge >= 0.3 is 0 Å². The lowest BCUT2D eigenvalue weighted by Crippen LogP contribution is -1.91. The molecule has 0 unspecified atom stereocenters. The summed E-state index contributed by atoms with van der Waals surface area (Å²) in [4.78, 5) is 1.08. The van der Waals surface area contributed by atoms with Crippen molar-refractivity contribution < 1.29 is 0 Å². The lowest BCUT2D eigenvalue weighted by Gasteiger charge is -1.84. The van der Waals surface area contributed by atoms with Gasteiger partial charge in [0.15, 0.2) is 0 Å². The van der Waals surface area contributed by atoms with E-state index < -0.39 is 0 Å². The average molecular weight is 174 g/mol. The van der Waals surface area contributed by atoms with Crippen LogP contribution >= 0.6 is 22.9 Å². The molecule has 1 rings (SSSR count). The van der Waals surface area contributed by atoms with Gasteiger partial charge in [-0.05, 0) is 17.5 Å². The number of nitrogens with two attached hydrogens (primary N) is 1. The number of halogens is 1. The Morgan fingerprint density at radius 2 is 2.50 bits per heavy atom. The third-order valence-corrected chi connectivity index (χ3v) is 2.37. The van der Waals surface area contributed by atoms with Gasteiger partial charge in [0.05, 0.1) is 5.02 Å². The predicted molar refractivity (Wildman–Crippen MR) is 47.4 cm³/mol. The molecule has 1 nitrogen and oxygen atoms in total. The van der Waals surface area contributed by atoms with Crippen LogP contribution in [0.5, 0.6) is 0 Å². The molecule has 0 saturated heterocycles. The summed E-state index contributed by atoms with van der Waals surface area (Å²) in [7, 11) is 0. The van der Waals surface area contributed by atoms with Gasteiger partial charge in [0.2, 0.25) is 0 Å². The van der Waals surface area contributed by atoms with Crippen molar-refractivity contribution in [2.75, 3.05) is 6.54 Å². The van der Waals surface area contributed by atoms with Crippen molar-refractivity contribution in [2.45, 2.75) is 0 Å².